The fourth-order valence-corrected chi connectivity index (χ4v) is 3.68. The SMILES string of the molecule is Cc1ccc(NC(=O)c2cccc(C(F)(F)F)c2)cc1Nc1nc(C2=CC=CNC2)nc2nc[nH]c12. The largest absolute Gasteiger partial charge is 0.416 e. The van der Waals surface area contributed by atoms with Crippen molar-refractivity contribution >= 4 is 39.8 Å². The maximum absolute atomic E-state index is 13.0. The summed E-state index contributed by atoms with van der Waals surface area (Å²) in [4.78, 5) is 29.2. The van der Waals surface area contributed by atoms with E-state index in [1.54, 1.807) is 18.2 Å². The number of hydrogen-bond donors (Lipinski definition) is 4. The van der Waals surface area contributed by atoms with Gasteiger partial charge in [0.2, 0.25) is 0 Å². The smallest absolute Gasteiger partial charge is 0.387 e. The van der Waals surface area contributed by atoms with Gasteiger partial charge in [0.1, 0.15) is 5.52 Å². The van der Waals surface area contributed by atoms with E-state index in [9.17, 15) is 18.0 Å². The third-order valence-electron chi connectivity index (χ3n) is 5.58. The van der Waals surface area contributed by atoms with E-state index in [0.717, 1.165) is 23.3 Å². The summed E-state index contributed by atoms with van der Waals surface area (Å²) in [6, 6.07) is 9.43. The number of alkyl halides is 3. The summed E-state index contributed by atoms with van der Waals surface area (Å²) in [6.07, 6.45) is 2.61. The lowest BCUT2D eigenvalue weighted by Crippen LogP contribution is -2.14. The first-order valence-electron chi connectivity index (χ1n) is 10.9. The first-order chi connectivity index (χ1) is 17.3. The van der Waals surface area contributed by atoms with Crippen LogP contribution in [0.4, 0.5) is 30.4 Å². The number of amides is 1. The van der Waals surface area contributed by atoms with E-state index in [0.29, 0.717) is 40.7 Å². The van der Waals surface area contributed by atoms with Crippen LogP contribution >= 0.6 is 0 Å². The molecule has 1 aliphatic rings. The first kappa shape index (κ1) is 23.1. The Bertz CT molecular complexity index is 1520. The summed E-state index contributed by atoms with van der Waals surface area (Å²) in [5.74, 6) is 0.356. The number of carbonyl (C=O) groups is 1. The highest BCUT2D eigenvalue weighted by atomic mass is 19.4. The number of aromatic amines is 1. The second-order valence-electron chi connectivity index (χ2n) is 8.12. The number of rotatable bonds is 5. The van der Waals surface area contributed by atoms with Crippen LogP contribution in [0.1, 0.15) is 27.3 Å². The summed E-state index contributed by atoms with van der Waals surface area (Å²) in [7, 11) is 0. The highest BCUT2D eigenvalue weighted by Crippen LogP contribution is 2.31. The molecule has 0 atom stereocenters. The zero-order valence-corrected chi connectivity index (χ0v) is 18.9. The van der Waals surface area contributed by atoms with Crippen LogP contribution in [-0.4, -0.2) is 32.4 Å². The number of nitrogens with zero attached hydrogens (tertiary/aromatic N) is 3. The van der Waals surface area contributed by atoms with E-state index in [2.05, 4.69) is 35.9 Å². The fraction of sp³-hybridized carbons (Fsp3) is 0.120. The minimum atomic E-state index is -4.54. The number of anilines is 3. The summed E-state index contributed by atoms with van der Waals surface area (Å²) in [5.41, 5.74) is 2.93. The topological polar surface area (TPSA) is 108 Å². The molecule has 1 amide bonds. The lowest BCUT2D eigenvalue weighted by atomic mass is 10.1. The lowest BCUT2D eigenvalue weighted by molar-refractivity contribution is -0.137. The van der Waals surface area contributed by atoms with Crippen molar-refractivity contribution in [2.24, 2.45) is 0 Å². The van der Waals surface area contributed by atoms with Crippen molar-refractivity contribution in [1.29, 1.82) is 0 Å². The van der Waals surface area contributed by atoms with Gasteiger partial charge in [0, 0.05) is 29.1 Å². The van der Waals surface area contributed by atoms with Crippen molar-refractivity contribution in [2.45, 2.75) is 13.1 Å². The van der Waals surface area contributed by atoms with Gasteiger partial charge in [-0.25, -0.2) is 15.0 Å². The molecule has 1 aliphatic heterocycles. The molecule has 0 fully saturated rings. The van der Waals surface area contributed by atoms with Gasteiger partial charge in [0.25, 0.3) is 5.91 Å². The maximum Gasteiger partial charge on any atom is 0.416 e. The number of benzene rings is 2. The molecule has 36 heavy (non-hydrogen) atoms. The van der Waals surface area contributed by atoms with Crippen molar-refractivity contribution in [3.8, 4) is 0 Å². The highest BCUT2D eigenvalue weighted by molar-refractivity contribution is 6.04. The van der Waals surface area contributed by atoms with Gasteiger partial charge < -0.3 is 20.9 Å². The Morgan fingerprint density at radius 3 is 2.75 bits per heavy atom. The van der Waals surface area contributed by atoms with Crippen LogP contribution in [0.5, 0.6) is 0 Å². The van der Waals surface area contributed by atoms with E-state index in [1.165, 1.54) is 18.5 Å². The van der Waals surface area contributed by atoms with Crippen molar-refractivity contribution in [3.63, 3.8) is 0 Å². The van der Waals surface area contributed by atoms with Gasteiger partial charge >= 0.3 is 6.18 Å². The lowest BCUT2D eigenvalue weighted by Gasteiger charge is -2.15. The molecule has 4 aromatic rings. The second-order valence-corrected chi connectivity index (χ2v) is 8.12. The van der Waals surface area contributed by atoms with Crippen LogP contribution in [0.2, 0.25) is 0 Å². The Labute approximate surface area is 203 Å². The number of allylic oxidation sites excluding steroid dienone is 2. The normalized spacial score (nSPS) is 13.3. The molecule has 0 aliphatic carbocycles. The average Bonchev–Trinajstić information content (AvgIpc) is 3.35. The minimum Gasteiger partial charge on any atom is -0.387 e. The zero-order chi connectivity index (χ0) is 25.3. The predicted octanol–water partition coefficient (Wildman–Crippen LogP) is 5.18. The number of aryl methyl sites for hydroxylation is 1. The van der Waals surface area contributed by atoms with Gasteiger partial charge in [0.15, 0.2) is 17.3 Å². The molecule has 182 valence electrons. The molecule has 0 saturated heterocycles. The Kier molecular flexibility index (Phi) is 5.88. The number of nitrogens with one attached hydrogen (secondary N) is 4. The van der Waals surface area contributed by atoms with Crippen molar-refractivity contribution in [1.82, 2.24) is 25.3 Å². The van der Waals surface area contributed by atoms with E-state index in [1.807, 2.05) is 25.3 Å². The van der Waals surface area contributed by atoms with E-state index >= 15 is 0 Å². The Balaban J connectivity index is 1.43. The molecular weight excluding hydrogens is 471 g/mol. The first-order valence-corrected chi connectivity index (χ1v) is 10.9. The van der Waals surface area contributed by atoms with Crippen molar-refractivity contribution in [2.75, 3.05) is 17.2 Å². The van der Waals surface area contributed by atoms with Crippen molar-refractivity contribution in [3.05, 3.63) is 89.7 Å². The molecule has 0 unspecified atom stereocenters. The minimum absolute atomic E-state index is 0.0945. The van der Waals surface area contributed by atoms with Crippen LogP contribution in [-0.2, 0) is 6.18 Å². The quantitative estimate of drug-likeness (QED) is 0.307. The Morgan fingerprint density at radius 2 is 1.97 bits per heavy atom. The summed E-state index contributed by atoms with van der Waals surface area (Å²) in [5, 5.41) is 9.06. The number of H-pyrrole nitrogens is 1. The van der Waals surface area contributed by atoms with E-state index < -0.39 is 17.6 Å². The third-order valence-corrected chi connectivity index (χ3v) is 5.58. The Morgan fingerprint density at radius 1 is 1.11 bits per heavy atom. The zero-order valence-electron chi connectivity index (χ0n) is 18.9. The summed E-state index contributed by atoms with van der Waals surface area (Å²) >= 11 is 0. The van der Waals surface area contributed by atoms with Crippen LogP contribution < -0.4 is 16.0 Å². The second kappa shape index (κ2) is 9.17. The molecule has 0 spiro atoms. The molecule has 2 aromatic heterocycles. The molecule has 5 rings (SSSR count). The maximum atomic E-state index is 13.0. The van der Waals surface area contributed by atoms with Crippen LogP contribution in [0, 0.1) is 6.92 Å². The average molecular weight is 491 g/mol. The fourth-order valence-electron chi connectivity index (χ4n) is 3.68. The van der Waals surface area contributed by atoms with Gasteiger partial charge in [0.05, 0.1) is 11.9 Å². The highest BCUT2D eigenvalue weighted by Gasteiger charge is 2.31. The van der Waals surface area contributed by atoms with Gasteiger partial charge in [-0.3, -0.25) is 4.79 Å². The molecule has 11 heteroatoms. The molecule has 3 heterocycles. The predicted molar refractivity (Wildman–Crippen MR) is 131 cm³/mol. The van der Waals surface area contributed by atoms with E-state index in [-0.39, 0.29) is 5.56 Å². The molecule has 4 N–H and O–H groups in total. The number of aromatic nitrogens is 4. The van der Waals surface area contributed by atoms with Gasteiger partial charge in [-0.15, -0.1) is 0 Å². The number of carbonyl (C=O) groups excluding carboxylic acids is 1. The summed E-state index contributed by atoms with van der Waals surface area (Å²) in [6.45, 7) is 2.45. The van der Waals surface area contributed by atoms with Gasteiger partial charge in [-0.1, -0.05) is 18.2 Å². The Hall–Kier alpha value is -4.67. The number of hydrogen-bond acceptors (Lipinski definition) is 6. The molecule has 8 nitrogen and oxygen atoms in total. The third kappa shape index (κ3) is 4.76. The van der Waals surface area contributed by atoms with Gasteiger partial charge in [-0.2, -0.15) is 13.2 Å². The van der Waals surface area contributed by atoms with Crippen molar-refractivity contribution < 1.29 is 18.0 Å². The number of halogens is 3. The molecule has 0 radical (unpaired) electrons. The number of dihydropyridines is 1. The summed E-state index contributed by atoms with van der Waals surface area (Å²) < 4.78 is 39.1. The van der Waals surface area contributed by atoms with E-state index in [4.69, 9.17) is 0 Å². The standard InChI is InChI=1S/C25H20F3N7O/c1-14-7-8-18(32-24(36)15-4-2-6-17(10-15)25(26,27)28)11-19(14)33-23-20-22(31-13-30-20)34-21(35-23)16-5-3-9-29-12-16/h2-11,13,29H,12H2,1H3,(H,32,36)(H2,30,31,33,34,35). The molecular formula is C25H20F3N7O. The number of imidazole rings is 1. The van der Waals surface area contributed by atoms with Crippen LogP contribution in [0.15, 0.2) is 67.1 Å². The van der Waals surface area contributed by atoms with Crippen LogP contribution in [0.25, 0.3) is 16.7 Å². The van der Waals surface area contributed by atoms with Crippen LogP contribution in [0.3, 0.4) is 0 Å². The molecule has 0 saturated carbocycles. The van der Waals surface area contributed by atoms with Gasteiger partial charge in [-0.05, 0) is 55.1 Å². The number of fused-ring (bicyclic) bond motifs is 1. The molecule has 0 bridgehead atoms. The monoisotopic (exact) mass is 491 g/mol. The molecule has 2 aromatic carbocycles.